The van der Waals surface area contributed by atoms with Crippen molar-refractivity contribution in [2.75, 3.05) is 20.2 Å². The molecule has 0 aliphatic carbocycles. The van der Waals surface area contributed by atoms with Crippen molar-refractivity contribution in [2.24, 2.45) is 5.14 Å². The Kier molecular flexibility index (Phi) is 6.33. The second kappa shape index (κ2) is 8.72. The summed E-state index contributed by atoms with van der Waals surface area (Å²) >= 11 is 0. The number of carbonyl (C=O) groups excluding carboxylic acids is 1. The van der Waals surface area contributed by atoms with Gasteiger partial charge in [-0.05, 0) is 43.1 Å². The number of carbonyl (C=O) groups is 1. The topological polar surface area (TPSA) is 102 Å². The molecule has 3 N–H and O–H groups in total. The van der Waals surface area contributed by atoms with Crippen LogP contribution >= 0.6 is 0 Å². The molecule has 0 spiro atoms. The lowest BCUT2D eigenvalue weighted by molar-refractivity contribution is 0.0897. The van der Waals surface area contributed by atoms with Gasteiger partial charge in [-0.25, -0.2) is 13.6 Å². The lowest BCUT2D eigenvalue weighted by atomic mass is 10.0. The fourth-order valence-corrected chi connectivity index (χ4v) is 4.00. The number of amides is 1. The van der Waals surface area contributed by atoms with E-state index in [1.807, 2.05) is 18.2 Å². The number of rotatable bonds is 6. The first-order valence-corrected chi connectivity index (χ1v) is 10.7. The van der Waals surface area contributed by atoms with Crippen molar-refractivity contribution in [1.29, 1.82) is 0 Å². The van der Waals surface area contributed by atoms with Crippen molar-refractivity contribution in [2.45, 2.75) is 30.3 Å². The summed E-state index contributed by atoms with van der Waals surface area (Å²) in [4.78, 5) is 15.0. The number of likely N-dealkylation sites (tertiary alicyclic amines) is 1. The summed E-state index contributed by atoms with van der Waals surface area (Å²) in [7, 11) is -2.47. The molecule has 1 aliphatic rings. The standard InChI is InChI=1S/C20H25N3O4S/c1-27-19-10-9-17(28(21,25)26)12-18(19)20(24)22-16-8-5-11-23(14-16)13-15-6-3-2-4-7-15/h2-4,6-7,9-10,12,16H,5,8,11,13-14H2,1H3,(H,22,24)(H2,21,25,26). The fourth-order valence-electron chi connectivity index (χ4n) is 3.46. The van der Waals surface area contributed by atoms with Gasteiger partial charge >= 0.3 is 0 Å². The molecule has 7 nitrogen and oxygen atoms in total. The van der Waals surface area contributed by atoms with Gasteiger partial charge in [0.1, 0.15) is 5.75 Å². The van der Waals surface area contributed by atoms with Crippen LogP contribution in [0.15, 0.2) is 53.4 Å². The maximum Gasteiger partial charge on any atom is 0.255 e. The predicted octanol–water partition coefficient (Wildman–Crippen LogP) is 1.74. The smallest absolute Gasteiger partial charge is 0.255 e. The minimum absolute atomic E-state index is 0.0205. The van der Waals surface area contributed by atoms with Gasteiger partial charge < -0.3 is 10.1 Å². The Labute approximate surface area is 165 Å². The van der Waals surface area contributed by atoms with Crippen molar-refractivity contribution in [3.05, 3.63) is 59.7 Å². The van der Waals surface area contributed by atoms with Crippen LogP contribution in [0.5, 0.6) is 5.75 Å². The summed E-state index contributed by atoms with van der Waals surface area (Å²) in [5, 5.41) is 8.19. The van der Waals surface area contributed by atoms with Gasteiger partial charge in [0, 0.05) is 19.1 Å². The SMILES string of the molecule is COc1ccc(S(N)(=O)=O)cc1C(=O)NC1CCCN(Cc2ccccc2)C1. The van der Waals surface area contributed by atoms with Gasteiger partial charge in [0.2, 0.25) is 10.0 Å². The van der Waals surface area contributed by atoms with Crippen LogP contribution in [-0.4, -0.2) is 45.5 Å². The number of methoxy groups -OCH3 is 1. The van der Waals surface area contributed by atoms with Gasteiger partial charge in [0.25, 0.3) is 5.91 Å². The summed E-state index contributed by atoms with van der Waals surface area (Å²) in [5.41, 5.74) is 1.39. The predicted molar refractivity (Wildman–Crippen MR) is 107 cm³/mol. The first-order chi connectivity index (χ1) is 13.4. The maximum atomic E-state index is 12.8. The van der Waals surface area contributed by atoms with E-state index >= 15 is 0 Å². The molecule has 0 bridgehead atoms. The monoisotopic (exact) mass is 403 g/mol. The second-order valence-corrected chi connectivity index (χ2v) is 8.50. The normalized spacial score (nSPS) is 17.9. The molecule has 0 aromatic heterocycles. The van der Waals surface area contributed by atoms with Crippen LogP contribution in [0, 0.1) is 0 Å². The number of hydrogen-bond donors (Lipinski definition) is 2. The third-order valence-electron chi connectivity index (χ3n) is 4.83. The van der Waals surface area contributed by atoms with E-state index in [0.717, 1.165) is 32.5 Å². The Balaban J connectivity index is 1.70. The molecular formula is C20H25N3O4S. The molecule has 150 valence electrons. The average molecular weight is 404 g/mol. The maximum absolute atomic E-state index is 12.8. The van der Waals surface area contributed by atoms with Crippen LogP contribution in [0.25, 0.3) is 0 Å². The number of sulfonamides is 1. The van der Waals surface area contributed by atoms with Crippen molar-refractivity contribution in [3.8, 4) is 5.75 Å². The van der Waals surface area contributed by atoms with Crippen LogP contribution in [0.1, 0.15) is 28.8 Å². The van der Waals surface area contributed by atoms with Crippen LogP contribution in [0.4, 0.5) is 0 Å². The largest absolute Gasteiger partial charge is 0.496 e. The molecule has 0 radical (unpaired) electrons. The molecule has 28 heavy (non-hydrogen) atoms. The van der Waals surface area contributed by atoms with E-state index in [1.165, 1.54) is 30.9 Å². The molecule has 1 amide bonds. The highest BCUT2D eigenvalue weighted by atomic mass is 32.2. The molecule has 1 unspecified atom stereocenters. The number of benzene rings is 2. The molecule has 2 aromatic carbocycles. The number of nitrogens with two attached hydrogens (primary N) is 1. The van der Waals surface area contributed by atoms with E-state index in [0.29, 0.717) is 5.75 Å². The number of piperidine rings is 1. The number of nitrogens with zero attached hydrogens (tertiary/aromatic N) is 1. The molecule has 8 heteroatoms. The zero-order valence-corrected chi connectivity index (χ0v) is 16.6. The average Bonchev–Trinajstić information content (AvgIpc) is 2.68. The summed E-state index contributed by atoms with van der Waals surface area (Å²) in [6, 6.07) is 14.2. The van der Waals surface area contributed by atoms with Gasteiger partial charge in [-0.3, -0.25) is 9.69 Å². The van der Waals surface area contributed by atoms with Gasteiger partial charge in [-0.2, -0.15) is 0 Å². The van der Waals surface area contributed by atoms with E-state index in [1.54, 1.807) is 0 Å². The number of nitrogens with one attached hydrogen (secondary N) is 1. The van der Waals surface area contributed by atoms with E-state index < -0.39 is 10.0 Å². The molecule has 0 saturated carbocycles. The molecule has 1 heterocycles. The summed E-state index contributed by atoms with van der Waals surface area (Å²) in [6.45, 7) is 2.54. The van der Waals surface area contributed by atoms with Crippen molar-refractivity contribution < 1.29 is 17.9 Å². The summed E-state index contributed by atoms with van der Waals surface area (Å²) in [6.07, 6.45) is 1.85. The van der Waals surface area contributed by atoms with Gasteiger partial charge in [0.15, 0.2) is 0 Å². The first kappa shape index (κ1) is 20.3. The Morgan fingerprint density at radius 1 is 1.25 bits per heavy atom. The van der Waals surface area contributed by atoms with Crippen molar-refractivity contribution in [1.82, 2.24) is 10.2 Å². The number of hydrogen-bond acceptors (Lipinski definition) is 5. The lowest BCUT2D eigenvalue weighted by Crippen LogP contribution is -2.47. The quantitative estimate of drug-likeness (QED) is 0.765. The van der Waals surface area contributed by atoms with E-state index in [-0.39, 0.29) is 22.4 Å². The molecule has 1 aliphatic heterocycles. The summed E-state index contributed by atoms with van der Waals surface area (Å²) in [5.74, 6) is -0.0595. The molecule has 3 rings (SSSR count). The Morgan fingerprint density at radius 2 is 2.00 bits per heavy atom. The highest BCUT2D eigenvalue weighted by Gasteiger charge is 2.24. The third-order valence-corrected chi connectivity index (χ3v) is 5.74. The minimum atomic E-state index is -3.90. The molecular weight excluding hydrogens is 378 g/mol. The van der Waals surface area contributed by atoms with Crippen LogP contribution in [-0.2, 0) is 16.6 Å². The molecule has 1 fully saturated rings. The Bertz CT molecular complexity index is 932. The Morgan fingerprint density at radius 3 is 2.68 bits per heavy atom. The van der Waals surface area contributed by atoms with Crippen LogP contribution in [0.2, 0.25) is 0 Å². The minimum Gasteiger partial charge on any atom is -0.496 e. The zero-order valence-electron chi connectivity index (χ0n) is 15.8. The van der Waals surface area contributed by atoms with Crippen LogP contribution < -0.4 is 15.2 Å². The molecule has 1 atom stereocenters. The van der Waals surface area contributed by atoms with Crippen LogP contribution in [0.3, 0.4) is 0 Å². The number of primary sulfonamides is 1. The van der Waals surface area contributed by atoms with E-state index in [9.17, 15) is 13.2 Å². The van der Waals surface area contributed by atoms with Crippen molar-refractivity contribution in [3.63, 3.8) is 0 Å². The second-order valence-electron chi connectivity index (χ2n) is 6.94. The molecule has 1 saturated heterocycles. The summed E-state index contributed by atoms with van der Waals surface area (Å²) < 4.78 is 28.4. The highest BCUT2D eigenvalue weighted by Crippen LogP contribution is 2.23. The van der Waals surface area contributed by atoms with Gasteiger partial charge in [-0.1, -0.05) is 30.3 Å². The van der Waals surface area contributed by atoms with Gasteiger partial charge in [0.05, 0.1) is 17.6 Å². The highest BCUT2D eigenvalue weighted by molar-refractivity contribution is 7.89. The van der Waals surface area contributed by atoms with Gasteiger partial charge in [-0.15, -0.1) is 0 Å². The van der Waals surface area contributed by atoms with Crippen molar-refractivity contribution >= 4 is 15.9 Å². The van der Waals surface area contributed by atoms with E-state index in [4.69, 9.17) is 9.88 Å². The molecule has 2 aromatic rings. The number of ether oxygens (including phenoxy) is 1. The van der Waals surface area contributed by atoms with E-state index in [2.05, 4.69) is 22.3 Å². The first-order valence-electron chi connectivity index (χ1n) is 9.15. The zero-order chi connectivity index (χ0) is 20.1. The third kappa shape index (κ3) is 5.09. The fraction of sp³-hybridized carbons (Fsp3) is 0.350. The Hall–Kier alpha value is -2.42. The lowest BCUT2D eigenvalue weighted by Gasteiger charge is -2.33.